The number of non-ortho nitro benzene ring substituents is 1. The molecular formula is C8H9N3O2S2. The summed E-state index contributed by atoms with van der Waals surface area (Å²) in [6.07, 6.45) is 0. The molecule has 0 heterocycles. The first-order valence-electron chi connectivity index (χ1n) is 4.00. The lowest BCUT2D eigenvalue weighted by Crippen LogP contribution is -2.25. The largest absolute Gasteiger partial charge is 0.309 e. The topological polar surface area (TPSA) is 81.2 Å². The molecule has 15 heavy (non-hydrogen) atoms. The van der Waals surface area contributed by atoms with Gasteiger partial charge >= 0.3 is 0 Å². The summed E-state index contributed by atoms with van der Waals surface area (Å²) >= 11 is 6.21. The van der Waals surface area contributed by atoms with Crippen LogP contribution in [0.4, 0.5) is 5.69 Å². The molecule has 0 aliphatic heterocycles. The summed E-state index contributed by atoms with van der Waals surface area (Å²) in [7, 11) is 0. The maximum atomic E-state index is 10.4. The number of nitro groups is 1. The third-order valence-corrected chi connectivity index (χ3v) is 2.96. The van der Waals surface area contributed by atoms with E-state index in [2.05, 4.69) is 5.43 Å². The number of nitrogens with one attached hydrogen (secondary N) is 1. The zero-order valence-corrected chi connectivity index (χ0v) is 9.31. The van der Waals surface area contributed by atoms with Gasteiger partial charge in [-0.3, -0.25) is 10.1 Å². The Bertz CT molecular complexity index is 367. The Labute approximate surface area is 96.2 Å². The van der Waals surface area contributed by atoms with Gasteiger partial charge in [-0.2, -0.15) is 0 Å². The normalized spacial score (nSPS) is 9.67. The number of nitrogens with zero attached hydrogens (tertiary/aromatic N) is 1. The van der Waals surface area contributed by atoms with Gasteiger partial charge < -0.3 is 5.43 Å². The third kappa shape index (κ3) is 3.82. The zero-order valence-electron chi connectivity index (χ0n) is 7.67. The average molecular weight is 243 g/mol. The lowest BCUT2D eigenvalue weighted by molar-refractivity contribution is -0.384. The second-order valence-corrected chi connectivity index (χ2v) is 4.30. The van der Waals surface area contributed by atoms with E-state index in [9.17, 15) is 10.1 Å². The lowest BCUT2D eigenvalue weighted by atomic mass is 10.2. The molecule has 0 amide bonds. The van der Waals surface area contributed by atoms with Gasteiger partial charge in [-0.1, -0.05) is 36.1 Å². The predicted octanol–water partition coefficient (Wildman–Crippen LogP) is 1.58. The Morgan fingerprint density at radius 1 is 1.53 bits per heavy atom. The molecule has 5 nitrogen and oxygen atoms in total. The fourth-order valence-electron chi connectivity index (χ4n) is 0.904. The van der Waals surface area contributed by atoms with E-state index >= 15 is 0 Å². The highest BCUT2D eigenvalue weighted by atomic mass is 32.2. The maximum Gasteiger partial charge on any atom is 0.269 e. The van der Waals surface area contributed by atoms with Crippen molar-refractivity contribution in [3.05, 3.63) is 39.9 Å². The van der Waals surface area contributed by atoms with Crippen molar-refractivity contribution in [2.45, 2.75) is 5.75 Å². The van der Waals surface area contributed by atoms with E-state index < -0.39 is 4.92 Å². The summed E-state index contributed by atoms with van der Waals surface area (Å²) in [6.45, 7) is 0. The van der Waals surface area contributed by atoms with Crippen LogP contribution in [-0.2, 0) is 5.75 Å². The molecule has 0 aromatic heterocycles. The first kappa shape index (κ1) is 11.9. The quantitative estimate of drug-likeness (QED) is 0.363. The van der Waals surface area contributed by atoms with Crippen LogP contribution in [0.25, 0.3) is 0 Å². The third-order valence-electron chi connectivity index (χ3n) is 1.63. The minimum absolute atomic E-state index is 0.0864. The van der Waals surface area contributed by atoms with Crippen molar-refractivity contribution >= 4 is 34.0 Å². The van der Waals surface area contributed by atoms with Crippen molar-refractivity contribution < 1.29 is 4.92 Å². The van der Waals surface area contributed by atoms with Crippen LogP contribution >= 0.6 is 24.0 Å². The highest BCUT2D eigenvalue weighted by Crippen LogP contribution is 2.16. The number of nitrogens with two attached hydrogens (primary N) is 1. The number of hydrogen-bond donors (Lipinski definition) is 2. The molecule has 0 atom stereocenters. The van der Waals surface area contributed by atoms with Gasteiger partial charge in [0, 0.05) is 17.9 Å². The molecule has 0 radical (unpaired) electrons. The Morgan fingerprint density at radius 2 is 2.13 bits per heavy atom. The molecule has 0 saturated carbocycles. The molecule has 1 aromatic carbocycles. The maximum absolute atomic E-state index is 10.4. The lowest BCUT2D eigenvalue weighted by Gasteiger charge is -2.01. The summed E-state index contributed by atoms with van der Waals surface area (Å²) in [6, 6.07) is 6.33. The van der Waals surface area contributed by atoms with Crippen LogP contribution in [-0.4, -0.2) is 9.24 Å². The van der Waals surface area contributed by atoms with Gasteiger partial charge in [-0.05, 0) is 5.56 Å². The monoisotopic (exact) mass is 243 g/mol. The number of rotatable bonds is 3. The molecule has 0 aliphatic carbocycles. The molecule has 0 fully saturated rings. The van der Waals surface area contributed by atoms with Crippen molar-refractivity contribution in [2.24, 2.45) is 5.84 Å². The minimum Gasteiger partial charge on any atom is -0.309 e. The minimum atomic E-state index is -0.428. The van der Waals surface area contributed by atoms with Crippen molar-refractivity contribution in [3.8, 4) is 0 Å². The second kappa shape index (κ2) is 5.64. The summed E-state index contributed by atoms with van der Waals surface area (Å²) in [5.41, 5.74) is 3.40. The molecule has 7 heteroatoms. The van der Waals surface area contributed by atoms with Crippen molar-refractivity contribution in [1.82, 2.24) is 5.43 Å². The number of hydrogen-bond acceptors (Lipinski definition) is 5. The molecular weight excluding hydrogens is 234 g/mol. The Balaban J connectivity index is 2.57. The van der Waals surface area contributed by atoms with Gasteiger partial charge in [0.2, 0.25) is 0 Å². The zero-order chi connectivity index (χ0) is 11.3. The van der Waals surface area contributed by atoms with Crippen molar-refractivity contribution in [2.75, 3.05) is 0 Å². The first-order valence-corrected chi connectivity index (χ1v) is 5.39. The van der Waals surface area contributed by atoms with E-state index in [1.807, 2.05) is 0 Å². The molecule has 1 rings (SSSR count). The van der Waals surface area contributed by atoms with E-state index in [1.54, 1.807) is 12.1 Å². The van der Waals surface area contributed by atoms with Crippen LogP contribution in [0.15, 0.2) is 24.3 Å². The van der Waals surface area contributed by atoms with Crippen LogP contribution in [0.2, 0.25) is 0 Å². The highest BCUT2D eigenvalue weighted by molar-refractivity contribution is 8.22. The fourth-order valence-corrected chi connectivity index (χ4v) is 1.65. The van der Waals surface area contributed by atoms with Crippen molar-refractivity contribution in [3.63, 3.8) is 0 Å². The van der Waals surface area contributed by atoms with Gasteiger partial charge in [-0.25, -0.2) is 5.84 Å². The Morgan fingerprint density at radius 3 is 2.60 bits per heavy atom. The van der Waals surface area contributed by atoms with Crippen LogP contribution in [0.1, 0.15) is 5.56 Å². The molecule has 0 bridgehead atoms. The van der Waals surface area contributed by atoms with Gasteiger partial charge in [0.25, 0.3) is 5.69 Å². The summed E-state index contributed by atoms with van der Waals surface area (Å²) in [5.74, 6) is 5.74. The molecule has 0 spiro atoms. The Hall–Kier alpha value is -1.18. The average Bonchev–Trinajstić information content (AvgIpc) is 2.26. The summed E-state index contributed by atoms with van der Waals surface area (Å²) in [4.78, 5) is 9.95. The van der Waals surface area contributed by atoms with E-state index in [-0.39, 0.29) is 5.69 Å². The summed E-state index contributed by atoms with van der Waals surface area (Å²) in [5, 5.41) is 10.4. The fraction of sp³-hybridized carbons (Fsp3) is 0.125. The number of hydrazine groups is 1. The first-order chi connectivity index (χ1) is 7.13. The van der Waals surface area contributed by atoms with Crippen LogP contribution in [0, 0.1) is 10.1 Å². The highest BCUT2D eigenvalue weighted by Gasteiger charge is 2.04. The molecule has 0 aliphatic rings. The van der Waals surface area contributed by atoms with E-state index in [0.29, 0.717) is 10.1 Å². The number of benzene rings is 1. The predicted molar refractivity (Wildman–Crippen MR) is 64.3 cm³/mol. The van der Waals surface area contributed by atoms with Crippen LogP contribution in [0.5, 0.6) is 0 Å². The SMILES string of the molecule is NNC(=S)SCc1ccc([N+](=O)[O-])cc1. The molecule has 1 aromatic rings. The van der Waals surface area contributed by atoms with E-state index in [0.717, 1.165) is 5.56 Å². The summed E-state index contributed by atoms with van der Waals surface area (Å²) < 4.78 is 0.494. The van der Waals surface area contributed by atoms with E-state index in [1.165, 1.54) is 23.9 Å². The molecule has 3 N–H and O–H groups in total. The molecule has 0 unspecified atom stereocenters. The van der Waals surface area contributed by atoms with Gasteiger partial charge in [0.1, 0.15) is 4.32 Å². The van der Waals surface area contributed by atoms with Gasteiger partial charge in [0.05, 0.1) is 4.92 Å². The number of thiocarbonyl (C=S) groups is 1. The molecule has 80 valence electrons. The van der Waals surface area contributed by atoms with Crippen LogP contribution in [0.3, 0.4) is 0 Å². The number of nitro benzene ring substituents is 1. The standard InChI is InChI=1S/C8H9N3O2S2/c9-10-8(14)15-5-6-1-3-7(4-2-6)11(12)13/h1-4H,5,9H2,(H,10,14). The van der Waals surface area contributed by atoms with Gasteiger partial charge in [-0.15, -0.1) is 0 Å². The van der Waals surface area contributed by atoms with Crippen LogP contribution < -0.4 is 11.3 Å². The molecule has 0 saturated heterocycles. The van der Waals surface area contributed by atoms with Gasteiger partial charge in [0.15, 0.2) is 0 Å². The van der Waals surface area contributed by atoms with E-state index in [4.69, 9.17) is 18.1 Å². The number of thioether (sulfide) groups is 1. The Kier molecular flexibility index (Phi) is 4.47. The smallest absolute Gasteiger partial charge is 0.269 e. The second-order valence-electron chi connectivity index (χ2n) is 2.64. The van der Waals surface area contributed by atoms with Crippen molar-refractivity contribution in [1.29, 1.82) is 0 Å².